The fourth-order valence-corrected chi connectivity index (χ4v) is 2.15. The Morgan fingerprint density at radius 1 is 0.565 bits per heavy atom. The second-order valence-corrected chi connectivity index (χ2v) is 8.85. The van der Waals surface area contributed by atoms with Crippen molar-refractivity contribution in [3.8, 4) is 0 Å². The van der Waals surface area contributed by atoms with E-state index in [1.165, 1.54) is 27.7 Å². The van der Waals surface area contributed by atoms with Crippen molar-refractivity contribution in [3.05, 3.63) is 49.1 Å². The van der Waals surface area contributed by atoms with Crippen molar-refractivity contribution in [1.29, 1.82) is 0 Å². The predicted octanol–water partition coefficient (Wildman–Crippen LogP) is 1.63. The first-order chi connectivity index (χ1) is 21.6. The van der Waals surface area contributed by atoms with Crippen LogP contribution >= 0.6 is 0 Å². The third kappa shape index (κ3) is 26.3. The van der Waals surface area contributed by atoms with Crippen molar-refractivity contribution in [3.63, 3.8) is 0 Å². The second-order valence-electron chi connectivity index (χ2n) is 8.85. The van der Waals surface area contributed by atoms with Crippen LogP contribution in [-0.4, -0.2) is 108 Å². The molecule has 0 aliphatic heterocycles. The van der Waals surface area contributed by atoms with E-state index in [-0.39, 0.29) is 76.0 Å². The van der Waals surface area contributed by atoms with Gasteiger partial charge in [0.2, 0.25) is 0 Å². The average molecular weight is 658 g/mol. The van der Waals surface area contributed by atoms with E-state index in [0.29, 0.717) is 0 Å². The molecule has 0 saturated heterocycles. The molecule has 17 nitrogen and oxygen atoms in total. The van der Waals surface area contributed by atoms with E-state index in [1.54, 1.807) is 0 Å². The van der Waals surface area contributed by atoms with Crippen LogP contribution in [0.3, 0.4) is 0 Å². The maximum absolute atomic E-state index is 11.5. The zero-order chi connectivity index (χ0) is 35.5. The molecule has 1 unspecified atom stereocenters. The Hall–Kier alpha value is -5.35. The number of alkyl carbamates (subject to hydrolysis) is 3. The summed E-state index contributed by atoms with van der Waals surface area (Å²) in [4.78, 5) is 77.9. The molecule has 0 aromatic carbocycles. The summed E-state index contributed by atoms with van der Waals surface area (Å²) in [6, 6.07) is 0. The maximum atomic E-state index is 11.5. The molecular formula is C29H43N3O14. The Kier molecular flexibility index (Phi) is 24.3. The smallest absolute Gasteiger partial charge is 0.407 e. The number of ether oxygens (including phenoxy) is 7. The van der Waals surface area contributed by atoms with Gasteiger partial charge in [-0.15, -0.1) is 0 Å². The van der Waals surface area contributed by atoms with Gasteiger partial charge in [0.25, 0.3) is 0 Å². The van der Waals surface area contributed by atoms with Gasteiger partial charge in [-0.2, -0.15) is 0 Å². The molecule has 0 aromatic heterocycles. The summed E-state index contributed by atoms with van der Waals surface area (Å²) in [7, 11) is 0. The molecule has 0 radical (unpaired) electrons. The van der Waals surface area contributed by atoms with E-state index in [4.69, 9.17) is 23.7 Å². The molecule has 17 heteroatoms. The Labute approximate surface area is 267 Å². The number of esters is 4. The van der Waals surface area contributed by atoms with Crippen molar-refractivity contribution < 1.29 is 66.7 Å². The van der Waals surface area contributed by atoms with E-state index >= 15 is 0 Å². The van der Waals surface area contributed by atoms with Crippen molar-refractivity contribution in [2.75, 3.05) is 59.3 Å². The molecule has 258 valence electrons. The van der Waals surface area contributed by atoms with E-state index in [1.807, 2.05) is 0 Å². The lowest BCUT2D eigenvalue weighted by Gasteiger charge is -2.14. The fraction of sp³-hybridized carbons (Fsp3) is 0.483. The van der Waals surface area contributed by atoms with Gasteiger partial charge >= 0.3 is 42.2 Å². The molecule has 0 saturated carbocycles. The molecule has 0 bridgehead atoms. The van der Waals surface area contributed by atoms with Gasteiger partial charge in [-0.1, -0.05) is 26.3 Å². The first kappa shape index (κ1) is 42.8. The Morgan fingerprint density at radius 2 is 0.935 bits per heavy atom. The highest BCUT2D eigenvalue weighted by molar-refractivity contribution is 5.87. The molecule has 3 N–H and O–H groups in total. The number of rotatable bonds is 19. The van der Waals surface area contributed by atoms with Crippen molar-refractivity contribution in [2.45, 2.75) is 33.8 Å². The Morgan fingerprint density at radius 3 is 1.33 bits per heavy atom. The third-order valence-corrected chi connectivity index (χ3v) is 4.34. The minimum absolute atomic E-state index is 0.0201. The van der Waals surface area contributed by atoms with Crippen LogP contribution in [0.5, 0.6) is 0 Å². The highest BCUT2D eigenvalue weighted by atomic mass is 16.6. The molecule has 0 aromatic rings. The van der Waals surface area contributed by atoms with E-state index in [0.717, 1.165) is 6.08 Å². The van der Waals surface area contributed by atoms with Gasteiger partial charge in [0.1, 0.15) is 45.7 Å². The van der Waals surface area contributed by atoms with Crippen LogP contribution in [-0.2, 0) is 52.3 Å². The monoisotopic (exact) mass is 657 g/mol. The third-order valence-electron chi connectivity index (χ3n) is 4.34. The quantitative estimate of drug-likeness (QED) is 0.0778. The topological polar surface area (TPSA) is 220 Å². The summed E-state index contributed by atoms with van der Waals surface area (Å²) in [6.45, 7) is 19.5. The SMILES string of the molecule is C=C(C)C(=O)OCCNC(=O)OCC(C)OC(=O)NCCOC(=O)C(=C)C.C=CC(=O)OCCOC(=O)NCCOC(=O)C(=C)C. The Balaban J connectivity index is 0. The lowest BCUT2D eigenvalue weighted by atomic mass is 10.4. The van der Waals surface area contributed by atoms with Crippen LogP contribution in [0.15, 0.2) is 49.1 Å². The first-order valence-corrected chi connectivity index (χ1v) is 13.6. The van der Waals surface area contributed by atoms with Gasteiger partial charge in [-0.3, -0.25) is 0 Å². The minimum Gasteiger partial charge on any atom is -0.460 e. The maximum Gasteiger partial charge on any atom is 0.407 e. The standard InChI is InChI=1S/C17H26N2O8.C12H17NO6/c1-11(2)14(20)24-8-6-18-16(22)26-10-13(5)27-17(23)19-7-9-25-15(21)12(3)4;1-4-10(14)17-7-8-19-12(16)13-5-6-18-11(15)9(2)3/h13H,1,3,6-10H2,2,4-5H3,(H,18,22)(H,19,23);4H,1-2,5-8H2,3H3,(H,13,16). The van der Waals surface area contributed by atoms with Crippen LogP contribution < -0.4 is 16.0 Å². The lowest BCUT2D eigenvalue weighted by Crippen LogP contribution is -2.34. The summed E-state index contributed by atoms with van der Waals surface area (Å²) >= 11 is 0. The number of carbonyl (C=O) groups is 7. The van der Waals surface area contributed by atoms with Crippen LogP contribution in [0.2, 0.25) is 0 Å². The largest absolute Gasteiger partial charge is 0.460 e. The van der Waals surface area contributed by atoms with Gasteiger partial charge in [-0.25, -0.2) is 33.6 Å². The average Bonchev–Trinajstić information content (AvgIpc) is 3.00. The number of amides is 3. The molecule has 0 fully saturated rings. The van der Waals surface area contributed by atoms with Gasteiger partial charge in [0.05, 0.1) is 19.6 Å². The fourth-order valence-electron chi connectivity index (χ4n) is 2.15. The Bertz CT molecular complexity index is 1100. The normalized spacial score (nSPS) is 10.1. The summed E-state index contributed by atoms with van der Waals surface area (Å²) in [6.07, 6.45) is -1.87. The van der Waals surface area contributed by atoms with Crippen molar-refractivity contribution >= 4 is 42.2 Å². The molecule has 46 heavy (non-hydrogen) atoms. The van der Waals surface area contributed by atoms with Crippen LogP contribution in [0.1, 0.15) is 27.7 Å². The molecule has 0 rings (SSSR count). The zero-order valence-corrected chi connectivity index (χ0v) is 26.6. The minimum atomic E-state index is -0.746. The molecular weight excluding hydrogens is 614 g/mol. The number of nitrogens with one attached hydrogen (secondary N) is 3. The molecule has 0 aliphatic carbocycles. The van der Waals surface area contributed by atoms with Crippen molar-refractivity contribution in [2.24, 2.45) is 0 Å². The number of hydrogen-bond donors (Lipinski definition) is 3. The number of carbonyl (C=O) groups excluding carboxylic acids is 7. The van der Waals surface area contributed by atoms with E-state index in [9.17, 15) is 33.6 Å². The van der Waals surface area contributed by atoms with Gasteiger partial charge < -0.3 is 49.1 Å². The van der Waals surface area contributed by atoms with Gasteiger partial charge in [-0.05, 0) is 27.7 Å². The highest BCUT2D eigenvalue weighted by Crippen LogP contribution is 1.95. The molecule has 3 amide bonds. The molecule has 0 heterocycles. The lowest BCUT2D eigenvalue weighted by molar-refractivity contribution is -0.139. The highest BCUT2D eigenvalue weighted by Gasteiger charge is 2.13. The van der Waals surface area contributed by atoms with Crippen LogP contribution in [0, 0.1) is 0 Å². The van der Waals surface area contributed by atoms with Crippen LogP contribution in [0.4, 0.5) is 14.4 Å². The summed E-state index contributed by atoms with van der Waals surface area (Å²) in [5.41, 5.74) is 0.804. The molecule has 0 aliphatic rings. The summed E-state index contributed by atoms with van der Waals surface area (Å²) < 4.78 is 33.4. The predicted molar refractivity (Wildman–Crippen MR) is 161 cm³/mol. The summed E-state index contributed by atoms with van der Waals surface area (Å²) in [5, 5.41) is 7.10. The zero-order valence-electron chi connectivity index (χ0n) is 26.6. The van der Waals surface area contributed by atoms with E-state index < -0.39 is 48.3 Å². The number of hydrogen-bond acceptors (Lipinski definition) is 14. The van der Waals surface area contributed by atoms with Gasteiger partial charge in [0.15, 0.2) is 0 Å². The molecule has 0 spiro atoms. The first-order valence-electron chi connectivity index (χ1n) is 13.6. The van der Waals surface area contributed by atoms with Crippen molar-refractivity contribution in [1.82, 2.24) is 16.0 Å². The van der Waals surface area contributed by atoms with Gasteiger partial charge in [0, 0.05) is 22.8 Å². The van der Waals surface area contributed by atoms with E-state index in [2.05, 4.69) is 51.7 Å². The molecule has 1 atom stereocenters. The second kappa shape index (κ2) is 26.1. The summed E-state index contributed by atoms with van der Waals surface area (Å²) in [5.74, 6) is -2.21. The van der Waals surface area contributed by atoms with Crippen LogP contribution in [0.25, 0.3) is 0 Å².